The molecule has 2 aromatic carbocycles. The molecule has 0 aliphatic carbocycles. The number of carbonyl (C=O) groups excluding carboxylic acids is 2. The highest BCUT2D eigenvalue weighted by molar-refractivity contribution is 6.16. The number of hydrogen-bond acceptors (Lipinski definition) is 6. The molecule has 0 unspecified atom stereocenters. The summed E-state index contributed by atoms with van der Waals surface area (Å²) in [4.78, 5) is 24.5. The van der Waals surface area contributed by atoms with E-state index >= 15 is 0 Å². The third kappa shape index (κ3) is 4.48. The average Bonchev–Trinajstić information content (AvgIpc) is 2.67. The van der Waals surface area contributed by atoms with Gasteiger partial charge in [-0.25, -0.2) is 9.59 Å². The average molecular weight is 351 g/mol. The zero-order valence-corrected chi connectivity index (χ0v) is 14.4. The summed E-state index contributed by atoms with van der Waals surface area (Å²) in [6.45, 7) is 0. The first-order chi connectivity index (χ1) is 12.6. The molecule has 2 rings (SSSR count). The van der Waals surface area contributed by atoms with Crippen LogP contribution in [0.15, 0.2) is 54.8 Å². The van der Waals surface area contributed by atoms with Gasteiger partial charge >= 0.3 is 11.9 Å². The van der Waals surface area contributed by atoms with Crippen LogP contribution in [0.5, 0.6) is 5.75 Å². The minimum atomic E-state index is -0.620. The molecule has 0 aliphatic rings. The molecule has 0 saturated heterocycles. The first kappa shape index (κ1) is 18.7. The van der Waals surface area contributed by atoms with Crippen LogP contribution in [0.3, 0.4) is 0 Å². The Bertz CT molecular complexity index is 866. The highest BCUT2D eigenvalue weighted by Gasteiger charge is 2.19. The van der Waals surface area contributed by atoms with Gasteiger partial charge in [0.05, 0.1) is 38.5 Å². The summed E-state index contributed by atoms with van der Waals surface area (Å²) in [5.74, 6) is -0.848. The van der Waals surface area contributed by atoms with Crippen molar-refractivity contribution in [3.05, 3.63) is 71.5 Å². The van der Waals surface area contributed by atoms with Crippen LogP contribution in [0.4, 0.5) is 0 Å². The predicted octanol–water partition coefficient (Wildman–Crippen LogP) is 3.13. The molecule has 0 N–H and O–H groups in total. The van der Waals surface area contributed by atoms with Gasteiger partial charge in [0.25, 0.3) is 0 Å². The fourth-order valence-corrected chi connectivity index (χ4v) is 2.29. The maximum absolute atomic E-state index is 12.6. The van der Waals surface area contributed by atoms with Gasteiger partial charge in [-0.1, -0.05) is 30.3 Å². The second-order valence-electron chi connectivity index (χ2n) is 5.17. The Morgan fingerprint density at radius 2 is 1.85 bits per heavy atom. The van der Waals surface area contributed by atoms with Crippen molar-refractivity contribution in [3.8, 4) is 11.8 Å². The smallest absolute Gasteiger partial charge is 0.343 e. The summed E-state index contributed by atoms with van der Waals surface area (Å²) >= 11 is 0. The van der Waals surface area contributed by atoms with Gasteiger partial charge in [-0.05, 0) is 29.3 Å². The summed E-state index contributed by atoms with van der Waals surface area (Å²) < 4.78 is 15.0. The number of methoxy groups -OCH3 is 2. The van der Waals surface area contributed by atoms with Gasteiger partial charge in [-0.15, -0.1) is 0 Å². The lowest BCUT2D eigenvalue weighted by atomic mass is 9.98. The van der Waals surface area contributed by atoms with Gasteiger partial charge in [0, 0.05) is 0 Å². The van der Waals surface area contributed by atoms with Crippen molar-refractivity contribution in [2.24, 2.45) is 0 Å². The second kappa shape index (κ2) is 9.04. The Morgan fingerprint density at radius 1 is 1.12 bits per heavy atom. The zero-order chi connectivity index (χ0) is 18.9. The largest absolute Gasteiger partial charge is 0.503 e. The topological polar surface area (TPSA) is 85.6 Å². The van der Waals surface area contributed by atoms with Gasteiger partial charge in [0.15, 0.2) is 0 Å². The summed E-state index contributed by atoms with van der Waals surface area (Å²) in [6, 6.07) is 15.3. The number of carbonyl (C=O) groups is 2. The molecule has 6 nitrogen and oxygen atoms in total. The summed E-state index contributed by atoms with van der Waals surface area (Å²) in [5, 5.41) is 9.00. The number of esters is 2. The maximum Gasteiger partial charge on any atom is 0.343 e. The van der Waals surface area contributed by atoms with E-state index in [9.17, 15) is 9.59 Å². The van der Waals surface area contributed by atoms with E-state index in [-0.39, 0.29) is 17.6 Å². The van der Waals surface area contributed by atoms with Gasteiger partial charge in [0.1, 0.15) is 11.3 Å². The Labute approximate surface area is 151 Å². The molecule has 0 spiro atoms. The molecule has 0 heterocycles. The van der Waals surface area contributed by atoms with Crippen LogP contribution in [0.25, 0.3) is 5.57 Å². The number of hydrogen-bond donors (Lipinski definition) is 0. The van der Waals surface area contributed by atoms with Crippen LogP contribution < -0.4 is 4.74 Å². The fourth-order valence-electron chi connectivity index (χ4n) is 2.29. The van der Waals surface area contributed by atoms with Crippen LogP contribution in [0, 0.1) is 11.3 Å². The third-order valence-electron chi connectivity index (χ3n) is 3.51. The first-order valence-corrected chi connectivity index (χ1v) is 7.69. The fraction of sp³-hybridized carbons (Fsp3) is 0.150. The van der Waals surface area contributed by atoms with E-state index in [1.54, 1.807) is 42.5 Å². The zero-order valence-electron chi connectivity index (χ0n) is 14.4. The molecular weight excluding hydrogens is 334 g/mol. The van der Waals surface area contributed by atoms with Gasteiger partial charge in [0.2, 0.25) is 0 Å². The van der Waals surface area contributed by atoms with Crippen molar-refractivity contribution in [2.75, 3.05) is 14.2 Å². The number of nitrogens with zero attached hydrogens (tertiary/aromatic N) is 1. The standard InChI is InChI=1S/C20H17NO5/c1-24-13-18(19(22)25-2)15-9-8-14(10-11-21)17(12-15)20(23)26-16-6-4-3-5-7-16/h3-9,12-13H,10H2,1-2H3/b18-13-. The Kier molecular flexibility index (Phi) is 6.52. The third-order valence-corrected chi connectivity index (χ3v) is 3.51. The molecular formula is C20H17NO5. The van der Waals surface area contributed by atoms with E-state index in [0.29, 0.717) is 16.9 Å². The number of nitriles is 1. The van der Waals surface area contributed by atoms with Crippen LogP contribution in [-0.2, 0) is 20.7 Å². The molecule has 0 fully saturated rings. The molecule has 0 radical (unpaired) electrons. The lowest BCUT2D eigenvalue weighted by Crippen LogP contribution is -2.13. The molecule has 6 heteroatoms. The summed E-state index contributed by atoms with van der Waals surface area (Å²) in [6.07, 6.45) is 1.26. The Hall–Kier alpha value is -3.59. The Balaban J connectivity index is 2.45. The highest BCUT2D eigenvalue weighted by Crippen LogP contribution is 2.22. The van der Waals surface area contributed by atoms with Crippen molar-refractivity contribution in [1.29, 1.82) is 5.26 Å². The van der Waals surface area contributed by atoms with E-state index in [4.69, 9.17) is 19.5 Å². The molecule has 0 aromatic heterocycles. The van der Waals surface area contributed by atoms with Crippen LogP contribution in [0.2, 0.25) is 0 Å². The van der Waals surface area contributed by atoms with E-state index in [2.05, 4.69) is 0 Å². The lowest BCUT2D eigenvalue weighted by molar-refractivity contribution is -0.133. The number of para-hydroxylation sites is 1. The molecule has 132 valence electrons. The minimum Gasteiger partial charge on any atom is -0.503 e. The molecule has 0 saturated carbocycles. The number of benzene rings is 2. The van der Waals surface area contributed by atoms with Crippen molar-refractivity contribution in [3.63, 3.8) is 0 Å². The highest BCUT2D eigenvalue weighted by atomic mass is 16.5. The number of ether oxygens (including phenoxy) is 3. The summed E-state index contributed by atoms with van der Waals surface area (Å²) in [7, 11) is 2.65. The number of rotatable bonds is 6. The van der Waals surface area contributed by atoms with Crippen LogP contribution in [0.1, 0.15) is 21.5 Å². The van der Waals surface area contributed by atoms with Crippen molar-refractivity contribution >= 4 is 17.5 Å². The molecule has 0 bridgehead atoms. The van der Waals surface area contributed by atoms with Crippen LogP contribution in [-0.4, -0.2) is 26.2 Å². The van der Waals surface area contributed by atoms with E-state index in [0.717, 1.165) is 0 Å². The molecule has 26 heavy (non-hydrogen) atoms. The molecule has 0 aliphatic heterocycles. The normalized spacial score (nSPS) is 10.6. The molecule has 0 amide bonds. The van der Waals surface area contributed by atoms with Crippen molar-refractivity contribution in [2.45, 2.75) is 6.42 Å². The second-order valence-corrected chi connectivity index (χ2v) is 5.17. The SMILES string of the molecule is CO/C=C(\C(=O)OC)c1ccc(CC#N)c(C(=O)Oc2ccccc2)c1. The lowest BCUT2D eigenvalue weighted by Gasteiger charge is -2.11. The quantitative estimate of drug-likeness (QED) is 0.344. The first-order valence-electron chi connectivity index (χ1n) is 7.69. The minimum absolute atomic E-state index is 0.0288. The van der Waals surface area contributed by atoms with E-state index in [1.807, 2.05) is 6.07 Å². The van der Waals surface area contributed by atoms with Crippen LogP contribution >= 0.6 is 0 Å². The summed E-state index contributed by atoms with van der Waals surface area (Å²) in [5.41, 5.74) is 1.25. The van der Waals surface area contributed by atoms with Gasteiger partial charge < -0.3 is 14.2 Å². The van der Waals surface area contributed by atoms with E-state index in [1.165, 1.54) is 26.5 Å². The molecule has 2 aromatic rings. The van der Waals surface area contributed by atoms with Crippen molar-refractivity contribution < 1.29 is 23.8 Å². The monoisotopic (exact) mass is 351 g/mol. The maximum atomic E-state index is 12.6. The Morgan fingerprint density at radius 3 is 2.46 bits per heavy atom. The van der Waals surface area contributed by atoms with E-state index < -0.39 is 11.9 Å². The predicted molar refractivity (Wildman–Crippen MR) is 94.2 cm³/mol. The van der Waals surface area contributed by atoms with Crippen molar-refractivity contribution in [1.82, 2.24) is 0 Å². The van der Waals surface area contributed by atoms with Gasteiger partial charge in [-0.3, -0.25) is 0 Å². The molecule has 0 atom stereocenters. The van der Waals surface area contributed by atoms with Gasteiger partial charge in [-0.2, -0.15) is 5.26 Å².